The van der Waals surface area contributed by atoms with Crippen LogP contribution in [0.25, 0.3) is 11.3 Å². The van der Waals surface area contributed by atoms with E-state index in [0.717, 1.165) is 61.1 Å². The Bertz CT molecular complexity index is 1130. The molecule has 1 N–H and O–H groups in total. The number of nitrogens with zero attached hydrogens (tertiary/aromatic N) is 5. The molecule has 5 rings (SSSR count). The molecule has 0 bridgehead atoms. The van der Waals surface area contributed by atoms with Crippen molar-refractivity contribution < 1.29 is 0 Å². The SMILES string of the molecule is c1ccc(Nc2cc(-c3ccncc3)nc([C@@H]3CCCN(Cc4ccncc4)C3)n2)cc1. The number of para-hydroxylation sites is 1. The van der Waals surface area contributed by atoms with Crippen molar-refractivity contribution in [1.29, 1.82) is 0 Å². The highest BCUT2D eigenvalue weighted by Crippen LogP contribution is 2.29. The first kappa shape index (κ1) is 20.3. The normalized spacial score (nSPS) is 16.6. The Labute approximate surface area is 188 Å². The first-order chi connectivity index (χ1) is 15.8. The molecule has 1 atom stereocenters. The third kappa shape index (κ3) is 4.98. The van der Waals surface area contributed by atoms with Gasteiger partial charge in [0.25, 0.3) is 0 Å². The van der Waals surface area contributed by atoms with Gasteiger partial charge in [-0.15, -0.1) is 0 Å². The Morgan fingerprint density at radius 2 is 1.62 bits per heavy atom. The average Bonchev–Trinajstić information content (AvgIpc) is 2.86. The lowest BCUT2D eigenvalue weighted by Crippen LogP contribution is -2.34. The molecule has 0 saturated carbocycles. The zero-order valence-corrected chi connectivity index (χ0v) is 17.9. The minimum absolute atomic E-state index is 0.295. The molecule has 0 amide bonds. The van der Waals surface area contributed by atoms with E-state index in [1.54, 1.807) is 12.4 Å². The second-order valence-corrected chi connectivity index (χ2v) is 8.15. The van der Waals surface area contributed by atoms with E-state index in [-0.39, 0.29) is 0 Å². The Balaban J connectivity index is 1.43. The quantitative estimate of drug-likeness (QED) is 0.469. The molecule has 3 aromatic heterocycles. The number of hydrogen-bond donors (Lipinski definition) is 1. The highest BCUT2D eigenvalue weighted by atomic mass is 15.1. The smallest absolute Gasteiger partial charge is 0.135 e. The number of likely N-dealkylation sites (tertiary alicyclic amines) is 1. The van der Waals surface area contributed by atoms with Gasteiger partial charge in [0.1, 0.15) is 11.6 Å². The van der Waals surface area contributed by atoms with Crippen molar-refractivity contribution in [2.45, 2.75) is 25.3 Å². The maximum absolute atomic E-state index is 4.99. The molecular weight excluding hydrogens is 396 g/mol. The summed E-state index contributed by atoms with van der Waals surface area (Å²) in [5, 5.41) is 3.46. The molecular formula is C26H26N6. The summed E-state index contributed by atoms with van der Waals surface area (Å²) in [6.45, 7) is 2.98. The summed E-state index contributed by atoms with van der Waals surface area (Å²) in [7, 11) is 0. The van der Waals surface area contributed by atoms with Crippen molar-refractivity contribution in [3.63, 3.8) is 0 Å². The van der Waals surface area contributed by atoms with Gasteiger partial charge < -0.3 is 5.32 Å². The van der Waals surface area contributed by atoms with Crippen LogP contribution in [-0.2, 0) is 6.54 Å². The van der Waals surface area contributed by atoms with E-state index >= 15 is 0 Å². The largest absolute Gasteiger partial charge is 0.340 e. The molecule has 1 saturated heterocycles. The number of nitrogens with one attached hydrogen (secondary N) is 1. The van der Waals surface area contributed by atoms with Crippen LogP contribution in [0.4, 0.5) is 11.5 Å². The van der Waals surface area contributed by atoms with E-state index < -0.39 is 0 Å². The van der Waals surface area contributed by atoms with Gasteiger partial charge in [-0.3, -0.25) is 14.9 Å². The molecule has 32 heavy (non-hydrogen) atoms. The summed E-state index contributed by atoms with van der Waals surface area (Å²) in [6, 6.07) is 20.3. The summed E-state index contributed by atoms with van der Waals surface area (Å²) < 4.78 is 0. The Kier molecular flexibility index (Phi) is 6.12. The average molecular weight is 423 g/mol. The fourth-order valence-corrected chi connectivity index (χ4v) is 4.21. The maximum Gasteiger partial charge on any atom is 0.135 e. The summed E-state index contributed by atoms with van der Waals surface area (Å²) in [5.41, 5.74) is 4.27. The van der Waals surface area contributed by atoms with Gasteiger partial charge in [-0.25, -0.2) is 9.97 Å². The highest BCUT2D eigenvalue weighted by Gasteiger charge is 2.24. The summed E-state index contributed by atoms with van der Waals surface area (Å²) >= 11 is 0. The van der Waals surface area contributed by atoms with Gasteiger partial charge in [0.05, 0.1) is 5.69 Å². The van der Waals surface area contributed by atoms with Crippen LogP contribution in [0, 0.1) is 0 Å². The Morgan fingerprint density at radius 1 is 0.875 bits per heavy atom. The number of rotatable bonds is 6. The monoisotopic (exact) mass is 422 g/mol. The molecule has 4 aromatic rings. The minimum atomic E-state index is 0.295. The van der Waals surface area contributed by atoms with Gasteiger partial charge >= 0.3 is 0 Å². The number of benzene rings is 1. The van der Waals surface area contributed by atoms with Crippen LogP contribution in [0.3, 0.4) is 0 Å². The molecule has 6 nitrogen and oxygen atoms in total. The van der Waals surface area contributed by atoms with Crippen molar-refractivity contribution in [3.8, 4) is 11.3 Å². The first-order valence-corrected chi connectivity index (χ1v) is 11.1. The van der Waals surface area contributed by atoms with Crippen LogP contribution in [0.15, 0.2) is 85.5 Å². The lowest BCUT2D eigenvalue weighted by molar-refractivity contribution is 0.196. The van der Waals surface area contributed by atoms with E-state index in [0.29, 0.717) is 5.92 Å². The van der Waals surface area contributed by atoms with Crippen LogP contribution < -0.4 is 5.32 Å². The summed E-state index contributed by atoms with van der Waals surface area (Å²) in [6.07, 6.45) is 9.56. The van der Waals surface area contributed by atoms with Crippen molar-refractivity contribution in [1.82, 2.24) is 24.8 Å². The number of anilines is 2. The standard InChI is InChI=1S/C26H26N6/c1-2-6-23(7-3-1)29-25-17-24(21-10-14-28-15-11-21)30-26(31-25)22-5-4-16-32(19-22)18-20-8-12-27-13-9-20/h1-3,6-15,17,22H,4-5,16,18-19H2,(H,29,30,31)/t22-/m1/s1. The number of aromatic nitrogens is 4. The molecule has 0 aliphatic carbocycles. The molecule has 6 heteroatoms. The zero-order valence-electron chi connectivity index (χ0n) is 17.9. The molecule has 1 aromatic carbocycles. The second-order valence-electron chi connectivity index (χ2n) is 8.15. The first-order valence-electron chi connectivity index (χ1n) is 11.1. The van der Waals surface area contributed by atoms with Crippen molar-refractivity contribution in [2.75, 3.05) is 18.4 Å². The number of piperidine rings is 1. The Hall–Kier alpha value is -3.64. The van der Waals surface area contributed by atoms with E-state index in [4.69, 9.17) is 9.97 Å². The molecule has 4 heterocycles. The summed E-state index contributed by atoms with van der Waals surface area (Å²) in [4.78, 5) is 20.7. The van der Waals surface area contributed by atoms with Crippen LogP contribution in [0.2, 0.25) is 0 Å². The van der Waals surface area contributed by atoms with Gasteiger partial charge in [-0.1, -0.05) is 18.2 Å². The van der Waals surface area contributed by atoms with Crippen molar-refractivity contribution >= 4 is 11.5 Å². The number of pyridine rings is 2. The van der Waals surface area contributed by atoms with Gasteiger partial charge in [0, 0.05) is 61.1 Å². The van der Waals surface area contributed by atoms with Crippen molar-refractivity contribution in [3.05, 3.63) is 96.8 Å². The van der Waals surface area contributed by atoms with Gasteiger partial charge in [-0.2, -0.15) is 0 Å². The van der Waals surface area contributed by atoms with Crippen LogP contribution in [0.5, 0.6) is 0 Å². The topological polar surface area (TPSA) is 66.8 Å². The van der Waals surface area contributed by atoms with Gasteiger partial charge in [0.15, 0.2) is 0 Å². The van der Waals surface area contributed by atoms with Gasteiger partial charge in [0.2, 0.25) is 0 Å². The molecule has 160 valence electrons. The maximum atomic E-state index is 4.99. The Morgan fingerprint density at radius 3 is 2.41 bits per heavy atom. The van der Waals surface area contributed by atoms with Crippen LogP contribution in [0.1, 0.15) is 30.1 Å². The third-order valence-corrected chi connectivity index (χ3v) is 5.79. The lowest BCUT2D eigenvalue weighted by Gasteiger charge is -2.32. The van der Waals surface area contributed by atoms with E-state index in [1.807, 2.05) is 60.9 Å². The summed E-state index contributed by atoms with van der Waals surface area (Å²) in [5.74, 6) is 2.01. The lowest BCUT2D eigenvalue weighted by atomic mass is 9.96. The van der Waals surface area contributed by atoms with E-state index in [1.165, 1.54) is 5.56 Å². The predicted octanol–water partition coefficient (Wildman–Crippen LogP) is 5.06. The third-order valence-electron chi connectivity index (χ3n) is 5.79. The zero-order chi connectivity index (χ0) is 21.6. The molecule has 0 spiro atoms. The molecule has 0 radical (unpaired) electrons. The van der Waals surface area contributed by atoms with Crippen LogP contribution in [-0.4, -0.2) is 37.9 Å². The molecule has 1 aliphatic heterocycles. The molecule has 0 unspecified atom stereocenters. The highest BCUT2D eigenvalue weighted by molar-refractivity contribution is 5.65. The van der Waals surface area contributed by atoms with Crippen molar-refractivity contribution in [2.24, 2.45) is 0 Å². The fraction of sp³-hybridized carbons (Fsp3) is 0.231. The van der Waals surface area contributed by atoms with Crippen LogP contribution >= 0.6 is 0 Å². The predicted molar refractivity (Wildman–Crippen MR) is 126 cm³/mol. The van der Waals surface area contributed by atoms with E-state index in [9.17, 15) is 0 Å². The molecule has 1 fully saturated rings. The van der Waals surface area contributed by atoms with Gasteiger partial charge in [-0.05, 0) is 61.3 Å². The molecule has 1 aliphatic rings. The number of hydrogen-bond acceptors (Lipinski definition) is 6. The second kappa shape index (κ2) is 9.66. The van der Waals surface area contributed by atoms with E-state index in [2.05, 4.69) is 32.3 Å². The minimum Gasteiger partial charge on any atom is -0.340 e. The fourth-order valence-electron chi connectivity index (χ4n) is 4.21.